The molecule has 0 amide bonds. The molecule has 1 heterocycles. The lowest BCUT2D eigenvalue weighted by atomic mass is 10.5. The third-order valence-electron chi connectivity index (χ3n) is 2.19. The van der Waals surface area contributed by atoms with Gasteiger partial charge in [0.1, 0.15) is 5.82 Å². The Hall–Kier alpha value is -1.01. The fraction of sp³-hybridized carbons (Fsp3) is 0.667. The van der Waals surface area contributed by atoms with Crippen LogP contribution in [0.3, 0.4) is 0 Å². The van der Waals surface area contributed by atoms with Gasteiger partial charge in [-0.25, -0.2) is 4.98 Å². The Balaban J connectivity index is 2.20. The van der Waals surface area contributed by atoms with Gasteiger partial charge in [0.2, 0.25) is 5.95 Å². The van der Waals surface area contributed by atoms with E-state index in [0.717, 1.165) is 43.3 Å². The molecule has 0 spiro atoms. The molecule has 1 rings (SSSR count). The minimum Gasteiger partial charge on any atom is -0.396 e. The van der Waals surface area contributed by atoms with Crippen molar-refractivity contribution in [2.75, 3.05) is 41.8 Å². The predicted octanol–water partition coefficient (Wildman–Crippen LogP) is 1.83. The van der Waals surface area contributed by atoms with Gasteiger partial charge in [0.25, 0.3) is 0 Å². The number of hydrogen-bond acceptors (Lipinski definition) is 6. The maximum Gasteiger partial charge on any atom is 0.224 e. The fourth-order valence-electron chi connectivity index (χ4n) is 1.30. The highest BCUT2D eigenvalue weighted by atomic mass is 32.2. The molecule has 0 saturated heterocycles. The maximum absolute atomic E-state index is 8.65. The molecule has 0 aliphatic heterocycles. The van der Waals surface area contributed by atoms with Gasteiger partial charge in [-0.15, -0.1) is 0 Å². The highest BCUT2D eigenvalue weighted by Gasteiger charge is 1.97. The fourth-order valence-corrected chi connectivity index (χ4v) is 2.08. The van der Waals surface area contributed by atoms with E-state index in [9.17, 15) is 0 Å². The summed E-state index contributed by atoms with van der Waals surface area (Å²) in [6, 6.07) is 1.87. The summed E-state index contributed by atoms with van der Waals surface area (Å²) in [7, 11) is 0. The van der Waals surface area contributed by atoms with Gasteiger partial charge in [-0.2, -0.15) is 16.7 Å². The molecule has 0 unspecified atom stereocenters. The van der Waals surface area contributed by atoms with Crippen LogP contribution in [-0.4, -0.2) is 46.3 Å². The van der Waals surface area contributed by atoms with Crippen molar-refractivity contribution in [2.45, 2.75) is 19.8 Å². The molecule has 0 bridgehead atoms. The number of aliphatic hydroxyl groups excluding tert-OH is 1. The number of rotatable bonds is 10. The second-order valence-corrected chi connectivity index (χ2v) is 5.03. The third kappa shape index (κ3) is 6.66. The first kappa shape index (κ1) is 15.0. The molecule has 18 heavy (non-hydrogen) atoms. The standard InChI is InChI=1S/C12H22N4OS/c1-2-5-14-12-15-6-4-11(16-12)13-7-10-18-9-3-8-17/h4,6,17H,2-3,5,7-10H2,1H3,(H2,13,14,15,16). The third-order valence-corrected chi connectivity index (χ3v) is 3.26. The minimum absolute atomic E-state index is 0.277. The van der Waals surface area contributed by atoms with Crippen LogP contribution in [0.25, 0.3) is 0 Å². The number of nitrogens with one attached hydrogen (secondary N) is 2. The molecule has 1 aromatic rings. The quantitative estimate of drug-likeness (QED) is 0.563. The maximum atomic E-state index is 8.65. The molecule has 102 valence electrons. The number of aliphatic hydroxyl groups is 1. The Morgan fingerprint density at radius 3 is 2.94 bits per heavy atom. The van der Waals surface area contributed by atoms with Gasteiger partial charge in [-0.3, -0.25) is 0 Å². The van der Waals surface area contributed by atoms with Gasteiger partial charge in [0.05, 0.1) is 0 Å². The van der Waals surface area contributed by atoms with E-state index in [1.807, 2.05) is 17.8 Å². The van der Waals surface area contributed by atoms with Gasteiger partial charge in [0, 0.05) is 31.6 Å². The van der Waals surface area contributed by atoms with E-state index in [4.69, 9.17) is 5.11 Å². The van der Waals surface area contributed by atoms with E-state index in [0.29, 0.717) is 5.95 Å². The van der Waals surface area contributed by atoms with Crippen molar-refractivity contribution in [3.63, 3.8) is 0 Å². The number of hydrogen-bond donors (Lipinski definition) is 3. The van der Waals surface area contributed by atoms with Gasteiger partial charge in [-0.1, -0.05) is 6.92 Å². The largest absolute Gasteiger partial charge is 0.396 e. The molecule has 0 aliphatic carbocycles. The van der Waals surface area contributed by atoms with Gasteiger partial charge >= 0.3 is 0 Å². The van der Waals surface area contributed by atoms with Crippen molar-refractivity contribution in [1.29, 1.82) is 0 Å². The molecule has 0 atom stereocenters. The summed E-state index contributed by atoms with van der Waals surface area (Å²) in [5.41, 5.74) is 0. The van der Waals surface area contributed by atoms with E-state index in [-0.39, 0.29) is 6.61 Å². The van der Waals surface area contributed by atoms with Crippen LogP contribution in [0.2, 0.25) is 0 Å². The smallest absolute Gasteiger partial charge is 0.224 e. The molecule has 0 aliphatic rings. The lowest BCUT2D eigenvalue weighted by molar-refractivity contribution is 0.296. The zero-order chi connectivity index (χ0) is 13.1. The molecule has 6 heteroatoms. The van der Waals surface area contributed by atoms with Gasteiger partial charge in [0.15, 0.2) is 0 Å². The Morgan fingerprint density at radius 1 is 1.28 bits per heavy atom. The van der Waals surface area contributed by atoms with Crippen LogP contribution in [0, 0.1) is 0 Å². The van der Waals surface area contributed by atoms with Crippen molar-refractivity contribution < 1.29 is 5.11 Å². The first-order chi connectivity index (χ1) is 8.86. The van der Waals surface area contributed by atoms with Crippen LogP contribution in [0.15, 0.2) is 12.3 Å². The van der Waals surface area contributed by atoms with Crippen molar-refractivity contribution >= 4 is 23.5 Å². The topological polar surface area (TPSA) is 70.1 Å². The van der Waals surface area contributed by atoms with Crippen LogP contribution in [0.1, 0.15) is 19.8 Å². The Labute approximate surface area is 113 Å². The minimum atomic E-state index is 0.277. The average molecular weight is 270 g/mol. The van der Waals surface area contributed by atoms with Gasteiger partial charge in [-0.05, 0) is 24.7 Å². The van der Waals surface area contributed by atoms with E-state index < -0.39 is 0 Å². The van der Waals surface area contributed by atoms with Crippen molar-refractivity contribution in [2.24, 2.45) is 0 Å². The van der Waals surface area contributed by atoms with E-state index in [1.54, 1.807) is 6.20 Å². The molecule has 3 N–H and O–H groups in total. The van der Waals surface area contributed by atoms with E-state index in [2.05, 4.69) is 27.5 Å². The van der Waals surface area contributed by atoms with E-state index in [1.165, 1.54) is 0 Å². The van der Waals surface area contributed by atoms with Crippen molar-refractivity contribution in [1.82, 2.24) is 9.97 Å². The summed E-state index contributed by atoms with van der Waals surface area (Å²) in [5.74, 6) is 3.55. The molecule has 0 aromatic carbocycles. The average Bonchev–Trinajstić information content (AvgIpc) is 2.41. The second-order valence-electron chi connectivity index (χ2n) is 3.81. The Kier molecular flexibility index (Phi) is 8.33. The number of nitrogens with zero attached hydrogens (tertiary/aromatic N) is 2. The molecule has 0 fully saturated rings. The number of aromatic nitrogens is 2. The molecular weight excluding hydrogens is 248 g/mol. The number of anilines is 2. The molecule has 0 saturated carbocycles. The lowest BCUT2D eigenvalue weighted by Gasteiger charge is -2.07. The highest BCUT2D eigenvalue weighted by Crippen LogP contribution is 2.07. The Bertz CT molecular complexity index is 325. The lowest BCUT2D eigenvalue weighted by Crippen LogP contribution is -2.09. The SMILES string of the molecule is CCCNc1nccc(NCCSCCCO)n1. The first-order valence-corrected chi connectivity index (χ1v) is 7.51. The second kappa shape index (κ2) is 9.96. The summed E-state index contributed by atoms with van der Waals surface area (Å²) >= 11 is 1.83. The predicted molar refractivity (Wildman–Crippen MR) is 78.3 cm³/mol. The van der Waals surface area contributed by atoms with Crippen LogP contribution in [0.4, 0.5) is 11.8 Å². The molecule has 0 radical (unpaired) electrons. The van der Waals surface area contributed by atoms with E-state index >= 15 is 0 Å². The zero-order valence-electron chi connectivity index (χ0n) is 10.9. The van der Waals surface area contributed by atoms with Crippen LogP contribution >= 0.6 is 11.8 Å². The number of thioether (sulfide) groups is 1. The first-order valence-electron chi connectivity index (χ1n) is 6.36. The van der Waals surface area contributed by atoms with Crippen molar-refractivity contribution in [3.05, 3.63) is 12.3 Å². The summed E-state index contributed by atoms with van der Waals surface area (Å²) in [5, 5.41) is 15.1. The van der Waals surface area contributed by atoms with Crippen molar-refractivity contribution in [3.8, 4) is 0 Å². The zero-order valence-corrected chi connectivity index (χ0v) is 11.7. The van der Waals surface area contributed by atoms with Crippen LogP contribution in [-0.2, 0) is 0 Å². The highest BCUT2D eigenvalue weighted by molar-refractivity contribution is 7.99. The summed E-state index contributed by atoms with van der Waals surface area (Å²) in [4.78, 5) is 8.51. The molecular formula is C12H22N4OS. The summed E-state index contributed by atoms with van der Waals surface area (Å²) in [6.45, 7) is 4.15. The molecule has 1 aromatic heterocycles. The van der Waals surface area contributed by atoms with Crippen LogP contribution in [0.5, 0.6) is 0 Å². The summed E-state index contributed by atoms with van der Waals surface area (Å²) < 4.78 is 0. The monoisotopic (exact) mass is 270 g/mol. The molecule has 5 nitrogen and oxygen atoms in total. The van der Waals surface area contributed by atoms with Gasteiger partial charge < -0.3 is 15.7 Å². The normalized spacial score (nSPS) is 10.3. The summed E-state index contributed by atoms with van der Waals surface area (Å²) in [6.07, 6.45) is 3.68. The Morgan fingerprint density at radius 2 is 2.17 bits per heavy atom. The van der Waals surface area contributed by atoms with Crippen LogP contribution < -0.4 is 10.6 Å².